The average molecular weight is 310 g/mol. The maximum atomic E-state index is 12.5. The number of aromatic amines is 1. The van der Waals surface area contributed by atoms with Crippen LogP contribution in [0.3, 0.4) is 0 Å². The van der Waals surface area contributed by atoms with E-state index in [1.54, 1.807) is 12.4 Å². The van der Waals surface area contributed by atoms with Crippen molar-refractivity contribution >= 4 is 5.91 Å². The highest BCUT2D eigenvalue weighted by molar-refractivity contribution is 5.76. The molecule has 23 heavy (non-hydrogen) atoms. The zero-order valence-corrected chi connectivity index (χ0v) is 13.3. The molecule has 2 aliphatic rings. The van der Waals surface area contributed by atoms with Crippen LogP contribution in [0.15, 0.2) is 24.5 Å². The minimum atomic E-state index is 0.257. The van der Waals surface area contributed by atoms with E-state index < -0.39 is 0 Å². The number of carbonyl (C=O) groups excluding carboxylic acids is 1. The number of aryl methyl sites for hydroxylation is 1. The highest BCUT2D eigenvalue weighted by Gasteiger charge is 2.31. The van der Waals surface area contributed by atoms with Crippen molar-refractivity contribution in [1.29, 1.82) is 0 Å². The quantitative estimate of drug-likeness (QED) is 0.942. The van der Waals surface area contributed by atoms with Gasteiger partial charge in [0.05, 0.1) is 5.69 Å². The Morgan fingerprint density at radius 3 is 2.78 bits per heavy atom. The molecule has 0 spiro atoms. The molecule has 2 aromatic heterocycles. The van der Waals surface area contributed by atoms with Crippen LogP contribution in [0.25, 0.3) is 0 Å². The summed E-state index contributed by atoms with van der Waals surface area (Å²) in [5.41, 5.74) is 5.08. The summed E-state index contributed by atoms with van der Waals surface area (Å²) in [6.45, 7) is 1.62. The van der Waals surface area contributed by atoms with Gasteiger partial charge < -0.3 is 4.90 Å². The Morgan fingerprint density at radius 1 is 1.22 bits per heavy atom. The Bertz CT molecular complexity index is 690. The molecule has 0 unspecified atom stereocenters. The predicted molar refractivity (Wildman–Crippen MR) is 87.1 cm³/mol. The number of aromatic nitrogens is 3. The molecular formula is C18H22N4O. The van der Waals surface area contributed by atoms with E-state index >= 15 is 0 Å². The van der Waals surface area contributed by atoms with Crippen LogP contribution >= 0.6 is 0 Å². The Morgan fingerprint density at radius 2 is 2.00 bits per heavy atom. The summed E-state index contributed by atoms with van der Waals surface area (Å²) in [6.07, 6.45) is 9.31. The molecule has 120 valence electrons. The zero-order valence-electron chi connectivity index (χ0n) is 13.3. The van der Waals surface area contributed by atoms with Crippen LogP contribution in [0.2, 0.25) is 0 Å². The number of pyridine rings is 1. The molecule has 0 saturated heterocycles. The van der Waals surface area contributed by atoms with Crippen molar-refractivity contribution in [3.63, 3.8) is 0 Å². The van der Waals surface area contributed by atoms with Gasteiger partial charge in [-0.3, -0.25) is 14.9 Å². The molecule has 0 bridgehead atoms. The van der Waals surface area contributed by atoms with Crippen LogP contribution in [0.1, 0.15) is 47.7 Å². The minimum absolute atomic E-state index is 0.257. The van der Waals surface area contributed by atoms with Crippen molar-refractivity contribution in [3.05, 3.63) is 47.0 Å². The second-order valence-electron chi connectivity index (χ2n) is 6.58. The first-order valence-corrected chi connectivity index (χ1v) is 8.54. The lowest BCUT2D eigenvalue weighted by Crippen LogP contribution is -2.33. The third kappa shape index (κ3) is 3.14. The Balaban J connectivity index is 1.36. The molecule has 3 heterocycles. The van der Waals surface area contributed by atoms with E-state index in [0.29, 0.717) is 12.3 Å². The lowest BCUT2D eigenvalue weighted by atomic mass is 10.1. The first-order chi connectivity index (χ1) is 11.3. The highest BCUT2D eigenvalue weighted by Crippen LogP contribution is 2.41. The fraction of sp³-hybridized carbons (Fsp3) is 0.500. The largest absolute Gasteiger partial charge is 0.342 e. The molecule has 5 heteroatoms. The zero-order chi connectivity index (χ0) is 15.6. The lowest BCUT2D eigenvalue weighted by Gasteiger charge is -2.20. The molecule has 1 saturated carbocycles. The summed E-state index contributed by atoms with van der Waals surface area (Å²) in [6, 6.07) is 3.96. The summed E-state index contributed by atoms with van der Waals surface area (Å²) in [4.78, 5) is 18.5. The maximum Gasteiger partial charge on any atom is 0.222 e. The molecule has 1 aliphatic heterocycles. The molecule has 5 nitrogen and oxygen atoms in total. The molecule has 0 radical (unpaired) electrons. The number of rotatable bonds is 4. The van der Waals surface area contributed by atoms with Crippen molar-refractivity contribution in [3.8, 4) is 0 Å². The number of hydrogen-bond acceptors (Lipinski definition) is 3. The van der Waals surface area contributed by atoms with E-state index in [-0.39, 0.29) is 5.91 Å². The van der Waals surface area contributed by atoms with Gasteiger partial charge in [0.2, 0.25) is 5.91 Å². The van der Waals surface area contributed by atoms with Gasteiger partial charge in [0.1, 0.15) is 0 Å². The number of amides is 1. The van der Waals surface area contributed by atoms with E-state index in [4.69, 9.17) is 0 Å². The van der Waals surface area contributed by atoms with E-state index in [2.05, 4.69) is 15.2 Å². The van der Waals surface area contributed by atoms with Crippen LogP contribution in [-0.2, 0) is 24.1 Å². The van der Waals surface area contributed by atoms with Crippen molar-refractivity contribution in [1.82, 2.24) is 20.1 Å². The molecule has 0 aromatic carbocycles. The first-order valence-electron chi connectivity index (χ1n) is 8.54. The summed E-state index contributed by atoms with van der Waals surface area (Å²) < 4.78 is 0. The number of hydrogen-bond donors (Lipinski definition) is 1. The molecule has 0 atom stereocenters. The summed E-state index contributed by atoms with van der Waals surface area (Å²) in [5.74, 6) is 0.928. The third-order valence-electron chi connectivity index (χ3n) is 4.94. The van der Waals surface area contributed by atoms with Crippen molar-refractivity contribution in [2.45, 2.75) is 44.4 Å². The Kier molecular flexibility index (Phi) is 3.85. The fourth-order valence-electron chi connectivity index (χ4n) is 3.41. The van der Waals surface area contributed by atoms with Gasteiger partial charge in [0, 0.05) is 49.9 Å². The van der Waals surface area contributed by atoms with Crippen LogP contribution in [0.5, 0.6) is 0 Å². The van der Waals surface area contributed by atoms with E-state index in [1.165, 1.54) is 35.4 Å². The molecular weight excluding hydrogens is 288 g/mol. The van der Waals surface area contributed by atoms with E-state index in [9.17, 15) is 4.79 Å². The van der Waals surface area contributed by atoms with Gasteiger partial charge in [-0.25, -0.2) is 0 Å². The number of nitrogens with zero attached hydrogens (tertiary/aromatic N) is 3. The van der Waals surface area contributed by atoms with Gasteiger partial charge >= 0.3 is 0 Å². The SMILES string of the molecule is O=C(CCc1ccncc1)N1CCc2[nH]nc(C3CC3)c2CC1. The van der Waals surface area contributed by atoms with Gasteiger partial charge in [0.25, 0.3) is 0 Å². The van der Waals surface area contributed by atoms with Gasteiger partial charge in [-0.15, -0.1) is 0 Å². The van der Waals surface area contributed by atoms with Crippen molar-refractivity contribution in [2.75, 3.05) is 13.1 Å². The standard InChI is InChI=1S/C18H22N4O/c23-17(4-1-13-5-9-19-10-6-13)22-11-7-15-16(8-12-22)20-21-18(15)14-2-3-14/h5-6,9-10,14H,1-4,7-8,11-12H2,(H,20,21). The molecule has 4 rings (SSSR count). The van der Waals surface area contributed by atoms with E-state index in [1.807, 2.05) is 17.0 Å². The second-order valence-corrected chi connectivity index (χ2v) is 6.58. The number of carbonyl (C=O) groups is 1. The predicted octanol–water partition coefficient (Wildman–Crippen LogP) is 2.24. The number of fused-ring (bicyclic) bond motifs is 1. The fourth-order valence-corrected chi connectivity index (χ4v) is 3.41. The van der Waals surface area contributed by atoms with Crippen LogP contribution < -0.4 is 0 Å². The average Bonchev–Trinajstić information content (AvgIpc) is 3.39. The highest BCUT2D eigenvalue weighted by atomic mass is 16.2. The number of H-pyrrole nitrogens is 1. The molecule has 2 aromatic rings. The molecule has 1 N–H and O–H groups in total. The third-order valence-corrected chi connectivity index (χ3v) is 4.94. The Hall–Kier alpha value is -2.17. The summed E-state index contributed by atoms with van der Waals surface area (Å²) in [7, 11) is 0. The summed E-state index contributed by atoms with van der Waals surface area (Å²) in [5, 5.41) is 7.72. The lowest BCUT2D eigenvalue weighted by molar-refractivity contribution is -0.131. The van der Waals surface area contributed by atoms with Crippen LogP contribution in [-0.4, -0.2) is 39.1 Å². The van der Waals surface area contributed by atoms with Gasteiger partial charge in [0.15, 0.2) is 0 Å². The van der Waals surface area contributed by atoms with Gasteiger partial charge in [-0.05, 0) is 48.9 Å². The first kappa shape index (κ1) is 14.4. The molecule has 1 aliphatic carbocycles. The minimum Gasteiger partial charge on any atom is -0.342 e. The molecule has 1 fully saturated rings. The van der Waals surface area contributed by atoms with Crippen molar-refractivity contribution < 1.29 is 4.79 Å². The number of nitrogens with one attached hydrogen (secondary N) is 1. The molecule has 1 amide bonds. The van der Waals surface area contributed by atoms with Crippen LogP contribution in [0, 0.1) is 0 Å². The summed E-state index contributed by atoms with van der Waals surface area (Å²) >= 11 is 0. The van der Waals surface area contributed by atoms with E-state index in [0.717, 1.165) is 32.4 Å². The van der Waals surface area contributed by atoms with Crippen LogP contribution in [0.4, 0.5) is 0 Å². The second kappa shape index (κ2) is 6.14. The Labute approximate surface area is 136 Å². The smallest absolute Gasteiger partial charge is 0.222 e. The normalized spacial score (nSPS) is 17.7. The maximum absolute atomic E-state index is 12.5. The topological polar surface area (TPSA) is 61.9 Å². The van der Waals surface area contributed by atoms with Gasteiger partial charge in [-0.2, -0.15) is 5.10 Å². The van der Waals surface area contributed by atoms with Crippen molar-refractivity contribution in [2.24, 2.45) is 0 Å². The monoisotopic (exact) mass is 310 g/mol. The van der Waals surface area contributed by atoms with Gasteiger partial charge in [-0.1, -0.05) is 0 Å².